The van der Waals surface area contributed by atoms with Gasteiger partial charge in [-0.3, -0.25) is 24.5 Å². The quantitative estimate of drug-likeness (QED) is 0.276. The van der Waals surface area contributed by atoms with Gasteiger partial charge in [-0.15, -0.1) is 0 Å². The third-order valence-electron chi connectivity index (χ3n) is 7.24. The maximum Gasteiger partial charge on any atom is 0.262 e. The molecule has 11 heteroatoms. The summed E-state index contributed by atoms with van der Waals surface area (Å²) in [4.78, 5) is 41.7. The SMILES string of the molecule is Cc1nn2ccccc2c1COc1ccc(C(=O)NC[C@@H](C(=O)NO)N2CCCCN(C(=O)C(C)C)CC2)cc1. The van der Waals surface area contributed by atoms with Gasteiger partial charge in [-0.05, 0) is 62.7 Å². The Balaban J connectivity index is 1.34. The number of hydrogen-bond donors (Lipinski definition) is 3. The molecule has 0 radical (unpaired) electrons. The van der Waals surface area contributed by atoms with Crippen LogP contribution >= 0.6 is 0 Å². The summed E-state index contributed by atoms with van der Waals surface area (Å²) in [6.07, 6.45) is 3.51. The number of carbonyl (C=O) groups excluding carboxylic acids is 3. The van der Waals surface area contributed by atoms with E-state index in [1.807, 2.05) is 59.5 Å². The number of nitrogens with one attached hydrogen (secondary N) is 2. The lowest BCUT2D eigenvalue weighted by Crippen LogP contribution is -2.55. The molecule has 4 rings (SSSR count). The van der Waals surface area contributed by atoms with Crippen LogP contribution in [0.3, 0.4) is 0 Å². The lowest BCUT2D eigenvalue weighted by Gasteiger charge is -2.35. The first-order valence-corrected chi connectivity index (χ1v) is 13.7. The van der Waals surface area contributed by atoms with Crippen LogP contribution in [0.2, 0.25) is 0 Å². The average Bonchev–Trinajstić information content (AvgIpc) is 3.27. The molecule has 1 aromatic carbocycles. The van der Waals surface area contributed by atoms with Crippen molar-refractivity contribution < 1.29 is 24.3 Å². The van der Waals surface area contributed by atoms with Crippen molar-refractivity contribution >= 4 is 23.2 Å². The number of nitrogens with zero attached hydrogens (tertiary/aromatic N) is 4. The van der Waals surface area contributed by atoms with Crippen LogP contribution in [0.25, 0.3) is 5.52 Å². The van der Waals surface area contributed by atoms with Gasteiger partial charge in [0.1, 0.15) is 18.4 Å². The van der Waals surface area contributed by atoms with Crippen molar-refractivity contribution in [2.24, 2.45) is 5.92 Å². The molecule has 11 nitrogen and oxygen atoms in total. The molecule has 0 aliphatic carbocycles. The van der Waals surface area contributed by atoms with Crippen molar-refractivity contribution in [2.45, 2.75) is 46.3 Å². The van der Waals surface area contributed by atoms with E-state index in [9.17, 15) is 19.6 Å². The van der Waals surface area contributed by atoms with E-state index < -0.39 is 11.9 Å². The molecule has 3 heterocycles. The highest BCUT2D eigenvalue weighted by Crippen LogP contribution is 2.19. The zero-order valence-corrected chi connectivity index (χ0v) is 23.3. The van der Waals surface area contributed by atoms with Crippen molar-refractivity contribution in [2.75, 3.05) is 32.7 Å². The monoisotopic (exact) mass is 550 g/mol. The molecule has 1 fully saturated rings. The van der Waals surface area contributed by atoms with Crippen LogP contribution in [0.15, 0.2) is 48.7 Å². The second-order valence-corrected chi connectivity index (χ2v) is 10.3. The van der Waals surface area contributed by atoms with Crippen molar-refractivity contribution in [3.63, 3.8) is 0 Å². The molecule has 1 saturated heterocycles. The summed E-state index contributed by atoms with van der Waals surface area (Å²) in [6.45, 7) is 8.30. The summed E-state index contributed by atoms with van der Waals surface area (Å²) in [5.74, 6) is -0.348. The van der Waals surface area contributed by atoms with Gasteiger partial charge in [-0.2, -0.15) is 5.10 Å². The summed E-state index contributed by atoms with van der Waals surface area (Å²) in [5, 5.41) is 16.7. The van der Waals surface area contributed by atoms with Crippen LogP contribution in [-0.4, -0.2) is 81.1 Å². The van der Waals surface area contributed by atoms with E-state index in [1.165, 1.54) is 0 Å². The average molecular weight is 551 g/mol. The Bertz CT molecular complexity index is 1320. The molecule has 0 saturated carbocycles. The van der Waals surface area contributed by atoms with Crippen molar-refractivity contribution in [1.82, 2.24) is 30.2 Å². The summed E-state index contributed by atoms with van der Waals surface area (Å²) in [7, 11) is 0. The normalized spacial score (nSPS) is 15.4. The molecule has 3 N–H and O–H groups in total. The van der Waals surface area contributed by atoms with Crippen LogP contribution in [0.1, 0.15) is 48.3 Å². The van der Waals surface area contributed by atoms with E-state index in [0.717, 1.165) is 29.6 Å². The van der Waals surface area contributed by atoms with Gasteiger partial charge in [-0.1, -0.05) is 19.9 Å². The van der Waals surface area contributed by atoms with Crippen molar-refractivity contribution in [3.8, 4) is 5.75 Å². The van der Waals surface area contributed by atoms with E-state index in [-0.39, 0.29) is 24.3 Å². The summed E-state index contributed by atoms with van der Waals surface area (Å²) in [5.41, 5.74) is 5.02. The fraction of sp³-hybridized carbons (Fsp3) is 0.448. The lowest BCUT2D eigenvalue weighted by atomic mass is 10.1. The Morgan fingerprint density at radius 2 is 1.77 bits per heavy atom. The van der Waals surface area contributed by atoms with Crippen LogP contribution < -0.4 is 15.5 Å². The highest BCUT2D eigenvalue weighted by atomic mass is 16.5. The first kappa shape index (κ1) is 29.0. The highest BCUT2D eigenvalue weighted by molar-refractivity contribution is 5.94. The van der Waals surface area contributed by atoms with Crippen molar-refractivity contribution in [3.05, 3.63) is 65.5 Å². The number of carbonyl (C=O) groups is 3. The summed E-state index contributed by atoms with van der Waals surface area (Å²) in [6, 6.07) is 11.9. The first-order chi connectivity index (χ1) is 19.3. The van der Waals surface area contributed by atoms with Gasteiger partial charge in [0, 0.05) is 49.4 Å². The van der Waals surface area contributed by atoms with Crippen LogP contribution in [0.5, 0.6) is 5.75 Å². The number of rotatable bonds is 9. The van der Waals surface area contributed by atoms with E-state index in [2.05, 4.69) is 10.4 Å². The Kier molecular flexibility index (Phi) is 9.73. The van der Waals surface area contributed by atoms with Gasteiger partial charge in [-0.25, -0.2) is 10.00 Å². The number of benzene rings is 1. The maximum absolute atomic E-state index is 12.9. The predicted octanol–water partition coefficient (Wildman–Crippen LogP) is 2.41. The smallest absolute Gasteiger partial charge is 0.262 e. The standard InChI is InChI=1S/C29H38N6O5/c1-20(2)29(38)34-14-7-6-13-33(16-17-34)26(28(37)32-39)18-30-27(36)22-9-11-23(12-10-22)40-19-24-21(3)31-35-15-5-4-8-25(24)35/h4-5,8-12,15,20,26,39H,6-7,13-14,16-19H2,1-3H3,(H,30,36)(H,32,37)/t26-/m0/s1. The van der Waals surface area contributed by atoms with E-state index in [1.54, 1.807) is 29.7 Å². The predicted molar refractivity (Wildman–Crippen MR) is 149 cm³/mol. The topological polar surface area (TPSA) is 129 Å². The molecule has 0 unspecified atom stereocenters. The minimum atomic E-state index is -0.778. The summed E-state index contributed by atoms with van der Waals surface area (Å²) >= 11 is 0. The Morgan fingerprint density at radius 3 is 2.50 bits per heavy atom. The number of ether oxygens (including phenoxy) is 1. The van der Waals surface area contributed by atoms with Gasteiger partial charge >= 0.3 is 0 Å². The van der Waals surface area contributed by atoms with Gasteiger partial charge in [0.15, 0.2) is 0 Å². The van der Waals surface area contributed by atoms with Crippen LogP contribution in [0, 0.1) is 12.8 Å². The molecule has 1 aliphatic rings. The number of pyridine rings is 1. The third kappa shape index (κ3) is 6.97. The number of amides is 3. The van der Waals surface area contributed by atoms with Gasteiger partial charge < -0.3 is 15.0 Å². The molecule has 0 bridgehead atoms. The first-order valence-electron chi connectivity index (χ1n) is 13.7. The molecule has 2 aromatic heterocycles. The molecule has 214 valence electrons. The zero-order valence-electron chi connectivity index (χ0n) is 23.3. The number of hydroxylamine groups is 1. The molecule has 1 atom stereocenters. The molecular weight excluding hydrogens is 512 g/mol. The van der Waals surface area contributed by atoms with Crippen LogP contribution in [0.4, 0.5) is 0 Å². The minimum Gasteiger partial charge on any atom is -0.489 e. The fourth-order valence-electron chi connectivity index (χ4n) is 4.95. The largest absolute Gasteiger partial charge is 0.489 e. The maximum atomic E-state index is 12.9. The Labute approximate surface area is 234 Å². The molecule has 3 amide bonds. The zero-order chi connectivity index (χ0) is 28.6. The van der Waals surface area contributed by atoms with Gasteiger partial charge in [0.05, 0.1) is 11.2 Å². The van der Waals surface area contributed by atoms with Crippen molar-refractivity contribution in [1.29, 1.82) is 0 Å². The molecule has 3 aromatic rings. The van der Waals surface area contributed by atoms with E-state index in [0.29, 0.717) is 44.1 Å². The van der Waals surface area contributed by atoms with Gasteiger partial charge in [0.2, 0.25) is 5.91 Å². The van der Waals surface area contributed by atoms with Crippen LogP contribution in [-0.2, 0) is 16.2 Å². The lowest BCUT2D eigenvalue weighted by molar-refractivity contribution is -0.136. The molecular formula is C29H38N6O5. The van der Waals surface area contributed by atoms with Gasteiger partial charge in [0.25, 0.3) is 11.8 Å². The number of aryl methyl sites for hydroxylation is 1. The molecule has 1 aliphatic heterocycles. The Morgan fingerprint density at radius 1 is 1.02 bits per heavy atom. The second-order valence-electron chi connectivity index (χ2n) is 10.3. The third-order valence-corrected chi connectivity index (χ3v) is 7.24. The van der Waals surface area contributed by atoms with E-state index >= 15 is 0 Å². The molecule has 0 spiro atoms. The number of fused-ring (bicyclic) bond motifs is 1. The minimum absolute atomic E-state index is 0.00954. The molecule has 40 heavy (non-hydrogen) atoms. The number of aromatic nitrogens is 2. The number of hydrogen-bond acceptors (Lipinski definition) is 7. The Hall–Kier alpha value is -3.96. The second kappa shape index (κ2) is 13.4. The highest BCUT2D eigenvalue weighted by Gasteiger charge is 2.29. The fourth-order valence-corrected chi connectivity index (χ4v) is 4.95. The van der Waals surface area contributed by atoms with E-state index in [4.69, 9.17) is 4.74 Å². The summed E-state index contributed by atoms with van der Waals surface area (Å²) < 4.78 is 7.78.